The summed E-state index contributed by atoms with van der Waals surface area (Å²) < 4.78 is 13.5. The highest BCUT2D eigenvalue weighted by Gasteiger charge is 2.31. The normalized spacial score (nSPS) is 17.1. The van der Waals surface area contributed by atoms with Gasteiger partial charge in [-0.1, -0.05) is 30.9 Å². The first-order valence-corrected chi connectivity index (χ1v) is 13.2. The lowest BCUT2D eigenvalue weighted by Crippen LogP contribution is -2.51. The van der Waals surface area contributed by atoms with Gasteiger partial charge in [-0.2, -0.15) is 4.98 Å². The number of rotatable bonds is 11. The van der Waals surface area contributed by atoms with E-state index in [1.807, 2.05) is 19.0 Å². The standard InChI is InChI=1S/C29H38FN7O2/c1-6-14-31-27-22(19-32-29(35-27)34-24-10-7-9-23(30)18-24)13-12-21-16-25(17-21)33-28(39)20(2)37(5)26(38)11-8-15-36(3)4/h7-11,18-21,25H,6,14-17H2,1-5H3,(H,33,39)(H2,31,32,34,35)/b11-8+/t20-,21-,25+/m0/s1. The summed E-state index contributed by atoms with van der Waals surface area (Å²) in [6.07, 6.45) is 7.32. The van der Waals surface area contributed by atoms with Gasteiger partial charge in [0.05, 0.1) is 11.8 Å². The summed E-state index contributed by atoms with van der Waals surface area (Å²) >= 11 is 0. The maximum Gasteiger partial charge on any atom is 0.246 e. The van der Waals surface area contributed by atoms with E-state index < -0.39 is 6.04 Å². The molecule has 1 atom stereocenters. The van der Waals surface area contributed by atoms with Crippen LogP contribution in [0.4, 0.5) is 21.8 Å². The van der Waals surface area contributed by atoms with Gasteiger partial charge >= 0.3 is 0 Å². The minimum atomic E-state index is -0.574. The molecule has 9 nitrogen and oxygen atoms in total. The molecule has 0 unspecified atom stereocenters. The Kier molecular flexibility index (Phi) is 10.8. The molecule has 0 radical (unpaired) electrons. The maximum atomic E-state index is 13.5. The number of amides is 2. The number of halogens is 1. The van der Waals surface area contributed by atoms with Crippen LogP contribution in [-0.4, -0.2) is 77.9 Å². The first-order valence-electron chi connectivity index (χ1n) is 13.2. The van der Waals surface area contributed by atoms with Crippen molar-refractivity contribution in [3.8, 4) is 11.8 Å². The SMILES string of the molecule is CCCNc1nc(Nc2cccc(F)c2)ncc1C#C[C@H]1C[C@@H](NC(=O)[C@H](C)N(C)C(=O)/C=C/CN(C)C)C1. The molecule has 0 spiro atoms. The van der Waals surface area contributed by atoms with Gasteiger partial charge in [-0.15, -0.1) is 0 Å². The van der Waals surface area contributed by atoms with Gasteiger partial charge in [0, 0.05) is 43.9 Å². The van der Waals surface area contributed by atoms with Crippen LogP contribution in [0.2, 0.25) is 0 Å². The first-order chi connectivity index (χ1) is 18.7. The van der Waals surface area contributed by atoms with E-state index in [-0.39, 0.29) is 29.6 Å². The Morgan fingerprint density at radius 2 is 2.03 bits per heavy atom. The Morgan fingerprint density at radius 1 is 1.26 bits per heavy atom. The van der Waals surface area contributed by atoms with Crippen LogP contribution in [0.1, 0.15) is 38.7 Å². The van der Waals surface area contributed by atoms with E-state index in [0.29, 0.717) is 29.6 Å². The quantitative estimate of drug-likeness (QED) is 0.299. The molecular formula is C29H38FN7O2. The van der Waals surface area contributed by atoms with Crippen LogP contribution in [0.5, 0.6) is 0 Å². The smallest absolute Gasteiger partial charge is 0.246 e. The molecule has 1 aliphatic rings. The molecule has 1 aromatic carbocycles. The third kappa shape index (κ3) is 9.07. The number of hydrogen-bond acceptors (Lipinski definition) is 7. The van der Waals surface area contributed by atoms with Crippen LogP contribution in [-0.2, 0) is 9.59 Å². The molecule has 0 bridgehead atoms. The fraction of sp³-hybridized carbons (Fsp3) is 0.448. The Morgan fingerprint density at radius 3 is 2.72 bits per heavy atom. The van der Waals surface area contributed by atoms with Crippen molar-refractivity contribution >= 4 is 29.3 Å². The zero-order chi connectivity index (χ0) is 28.4. The predicted molar refractivity (Wildman–Crippen MR) is 152 cm³/mol. The van der Waals surface area contributed by atoms with Gasteiger partial charge in [-0.25, -0.2) is 9.37 Å². The average molecular weight is 536 g/mol. The number of nitrogens with zero attached hydrogens (tertiary/aromatic N) is 4. The monoisotopic (exact) mass is 535 g/mol. The van der Waals surface area contributed by atoms with Crippen molar-refractivity contribution in [1.82, 2.24) is 25.1 Å². The summed E-state index contributed by atoms with van der Waals surface area (Å²) in [5, 5.41) is 9.32. The number of benzene rings is 1. The summed E-state index contributed by atoms with van der Waals surface area (Å²) in [5.41, 5.74) is 1.24. The van der Waals surface area contributed by atoms with Crippen LogP contribution in [0.3, 0.4) is 0 Å². The van der Waals surface area contributed by atoms with Crippen molar-refractivity contribution in [2.75, 3.05) is 44.9 Å². The fourth-order valence-corrected chi connectivity index (χ4v) is 3.81. The summed E-state index contributed by atoms with van der Waals surface area (Å²) in [6.45, 7) is 5.16. The molecule has 1 aliphatic carbocycles. The lowest BCUT2D eigenvalue weighted by Gasteiger charge is -2.34. The summed E-state index contributed by atoms with van der Waals surface area (Å²) in [4.78, 5) is 37.2. The van der Waals surface area contributed by atoms with E-state index in [1.165, 1.54) is 23.1 Å². The molecule has 1 aromatic heterocycles. The van der Waals surface area contributed by atoms with Crippen molar-refractivity contribution in [1.29, 1.82) is 0 Å². The van der Waals surface area contributed by atoms with Crippen molar-refractivity contribution in [3.05, 3.63) is 54.0 Å². The van der Waals surface area contributed by atoms with Gasteiger partial charge < -0.3 is 25.8 Å². The number of carbonyl (C=O) groups excluding carboxylic acids is 2. The van der Waals surface area contributed by atoms with Gasteiger partial charge in [0.25, 0.3) is 0 Å². The molecule has 0 aliphatic heterocycles. The molecule has 3 N–H and O–H groups in total. The minimum Gasteiger partial charge on any atom is -0.369 e. The minimum absolute atomic E-state index is 0.0267. The van der Waals surface area contributed by atoms with Gasteiger partial charge in [0.15, 0.2) is 0 Å². The van der Waals surface area contributed by atoms with Gasteiger partial charge in [0.1, 0.15) is 17.7 Å². The van der Waals surface area contributed by atoms with Gasteiger partial charge in [-0.05, 0) is 58.5 Å². The molecule has 10 heteroatoms. The number of nitrogens with one attached hydrogen (secondary N) is 3. The molecular weight excluding hydrogens is 497 g/mol. The Balaban J connectivity index is 1.54. The summed E-state index contributed by atoms with van der Waals surface area (Å²) in [6, 6.07) is 5.56. The number of anilines is 3. The van der Waals surface area contributed by atoms with E-state index in [0.717, 1.165) is 25.8 Å². The molecule has 0 saturated heterocycles. The summed E-state index contributed by atoms with van der Waals surface area (Å²) in [7, 11) is 5.48. The van der Waals surface area contributed by atoms with Crippen LogP contribution in [0, 0.1) is 23.6 Å². The zero-order valence-corrected chi connectivity index (χ0v) is 23.3. The van der Waals surface area contributed by atoms with Crippen LogP contribution in [0.15, 0.2) is 42.6 Å². The van der Waals surface area contributed by atoms with Crippen molar-refractivity contribution in [2.24, 2.45) is 5.92 Å². The van der Waals surface area contributed by atoms with E-state index in [2.05, 4.69) is 44.7 Å². The average Bonchev–Trinajstić information content (AvgIpc) is 2.88. The lowest BCUT2D eigenvalue weighted by atomic mass is 9.80. The maximum absolute atomic E-state index is 13.5. The zero-order valence-electron chi connectivity index (χ0n) is 23.3. The second-order valence-electron chi connectivity index (χ2n) is 9.95. The largest absolute Gasteiger partial charge is 0.369 e. The number of carbonyl (C=O) groups is 2. The number of hydrogen-bond donors (Lipinski definition) is 3. The molecule has 2 aromatic rings. The highest BCUT2D eigenvalue weighted by Crippen LogP contribution is 2.27. The highest BCUT2D eigenvalue weighted by atomic mass is 19.1. The molecule has 1 heterocycles. The van der Waals surface area contributed by atoms with Crippen molar-refractivity contribution in [2.45, 2.75) is 45.2 Å². The molecule has 39 heavy (non-hydrogen) atoms. The number of aromatic nitrogens is 2. The van der Waals surface area contributed by atoms with Crippen molar-refractivity contribution in [3.63, 3.8) is 0 Å². The Hall–Kier alpha value is -3.97. The third-order valence-corrected chi connectivity index (χ3v) is 6.35. The predicted octanol–water partition coefficient (Wildman–Crippen LogP) is 3.39. The number of likely N-dealkylation sites (N-methyl/N-ethyl adjacent to an activating group) is 2. The molecule has 208 valence electrons. The highest BCUT2D eigenvalue weighted by molar-refractivity contribution is 5.92. The third-order valence-electron chi connectivity index (χ3n) is 6.35. The van der Waals surface area contributed by atoms with Crippen LogP contribution in [0.25, 0.3) is 0 Å². The van der Waals surface area contributed by atoms with E-state index >= 15 is 0 Å². The molecule has 3 rings (SSSR count). The molecule has 1 saturated carbocycles. The lowest BCUT2D eigenvalue weighted by molar-refractivity contribution is -0.135. The molecule has 2 amide bonds. The van der Waals surface area contributed by atoms with E-state index in [9.17, 15) is 14.0 Å². The second-order valence-corrected chi connectivity index (χ2v) is 9.95. The topological polar surface area (TPSA) is 102 Å². The fourth-order valence-electron chi connectivity index (χ4n) is 3.81. The Labute approximate surface area is 230 Å². The van der Waals surface area contributed by atoms with E-state index in [1.54, 1.807) is 38.4 Å². The van der Waals surface area contributed by atoms with Gasteiger partial charge in [-0.3, -0.25) is 9.59 Å². The summed E-state index contributed by atoms with van der Waals surface area (Å²) in [5.74, 6) is 6.83. The molecule has 1 fully saturated rings. The first kappa shape index (κ1) is 29.6. The van der Waals surface area contributed by atoms with E-state index in [4.69, 9.17) is 0 Å². The van der Waals surface area contributed by atoms with Crippen LogP contribution < -0.4 is 16.0 Å². The van der Waals surface area contributed by atoms with Crippen LogP contribution >= 0.6 is 0 Å². The van der Waals surface area contributed by atoms with Crippen molar-refractivity contribution < 1.29 is 14.0 Å². The second kappa shape index (κ2) is 14.3. The Bertz CT molecular complexity index is 1230. The van der Waals surface area contributed by atoms with Gasteiger partial charge in [0.2, 0.25) is 17.8 Å².